The fraction of sp³-hybridized carbons (Fsp3) is 0.188. The first-order valence-corrected chi connectivity index (χ1v) is 12.7. The molecule has 0 radical (unpaired) electrons. The molecule has 4 aromatic carbocycles. The molecular weight excluding hydrogens is 512 g/mol. The van der Waals surface area contributed by atoms with Crippen molar-refractivity contribution in [2.24, 2.45) is 0 Å². The average Bonchev–Trinajstić information content (AvgIpc) is 2.96. The summed E-state index contributed by atoms with van der Waals surface area (Å²) in [5, 5.41) is 19.1. The average molecular weight is 543 g/mol. The van der Waals surface area contributed by atoms with Crippen LogP contribution >= 0.6 is 0 Å². The van der Waals surface area contributed by atoms with E-state index in [1.54, 1.807) is 111 Å². The number of esters is 2. The number of rotatable bonds is 11. The van der Waals surface area contributed by atoms with Crippen LogP contribution < -0.4 is 18.9 Å². The van der Waals surface area contributed by atoms with E-state index in [9.17, 15) is 19.8 Å². The number of carbonyl (C=O) groups excluding carboxylic acids is 2. The van der Waals surface area contributed by atoms with Crippen LogP contribution in [0.5, 0.6) is 23.0 Å². The molecule has 8 nitrogen and oxygen atoms in total. The van der Waals surface area contributed by atoms with E-state index in [4.69, 9.17) is 18.9 Å². The summed E-state index contributed by atoms with van der Waals surface area (Å²) in [5.74, 6) is 0.921. The van der Waals surface area contributed by atoms with Gasteiger partial charge in [0.25, 0.3) is 0 Å². The number of carbonyl (C=O) groups is 2. The summed E-state index contributed by atoms with van der Waals surface area (Å²) in [6.07, 6.45) is -1.18. The van der Waals surface area contributed by atoms with Gasteiger partial charge in [-0.2, -0.15) is 0 Å². The summed E-state index contributed by atoms with van der Waals surface area (Å²) in [6.45, 7) is 3.87. The van der Waals surface area contributed by atoms with Gasteiger partial charge in [-0.1, -0.05) is 24.3 Å². The molecule has 206 valence electrons. The Hall–Kier alpha value is -4.66. The minimum absolute atomic E-state index is 0.270. The van der Waals surface area contributed by atoms with Gasteiger partial charge in [-0.15, -0.1) is 0 Å². The molecule has 0 saturated heterocycles. The number of aliphatic hydroxyl groups is 2. The fourth-order valence-electron chi connectivity index (χ4n) is 3.65. The minimum atomic E-state index is -0.591. The Bertz CT molecular complexity index is 1280. The molecule has 2 unspecified atom stereocenters. The molecule has 40 heavy (non-hydrogen) atoms. The van der Waals surface area contributed by atoms with Crippen molar-refractivity contribution in [2.75, 3.05) is 13.2 Å². The summed E-state index contributed by atoms with van der Waals surface area (Å²) < 4.78 is 22.1. The van der Waals surface area contributed by atoms with Crippen molar-refractivity contribution in [3.63, 3.8) is 0 Å². The standard InChI is InChI=1S/C32H30O8/c1-21(33)23-3-15-29(16-4-23)39-31(35)25-7-11-27(12-8-25)37-19-20-38-28-13-9-26(10-14-28)32(36)40-30-17-5-24(6-18-30)22(2)34/h3-18,21-22,33-34H,19-20H2,1-2H3. The van der Waals surface area contributed by atoms with Crippen LogP contribution in [0.3, 0.4) is 0 Å². The first-order valence-electron chi connectivity index (χ1n) is 12.7. The van der Waals surface area contributed by atoms with E-state index >= 15 is 0 Å². The number of ether oxygens (including phenoxy) is 4. The highest BCUT2D eigenvalue weighted by atomic mass is 16.5. The number of aliphatic hydroxyl groups excluding tert-OH is 2. The van der Waals surface area contributed by atoms with E-state index in [0.29, 0.717) is 34.1 Å². The molecule has 0 aromatic heterocycles. The molecule has 0 heterocycles. The van der Waals surface area contributed by atoms with Gasteiger partial charge in [-0.3, -0.25) is 0 Å². The SMILES string of the molecule is CC(O)c1ccc(OC(=O)c2ccc(OCCOc3ccc(C(=O)Oc4ccc(C(C)O)cc4)cc3)cc2)cc1. The Morgan fingerprint density at radius 2 is 0.825 bits per heavy atom. The molecular formula is C32H30O8. The van der Waals surface area contributed by atoms with Gasteiger partial charge in [-0.25, -0.2) is 9.59 Å². The van der Waals surface area contributed by atoms with Crippen molar-refractivity contribution in [1.29, 1.82) is 0 Å². The molecule has 8 heteroatoms. The van der Waals surface area contributed by atoms with Crippen LogP contribution in [0.25, 0.3) is 0 Å². The molecule has 0 aliphatic heterocycles. The first kappa shape index (κ1) is 28.4. The highest BCUT2D eigenvalue weighted by Gasteiger charge is 2.11. The smallest absolute Gasteiger partial charge is 0.343 e. The maximum Gasteiger partial charge on any atom is 0.343 e. The second-order valence-corrected chi connectivity index (χ2v) is 9.01. The van der Waals surface area contributed by atoms with Crippen LogP contribution in [0.2, 0.25) is 0 Å². The summed E-state index contributed by atoms with van der Waals surface area (Å²) in [6, 6.07) is 26.5. The van der Waals surface area contributed by atoms with Crippen molar-refractivity contribution >= 4 is 11.9 Å². The highest BCUT2D eigenvalue weighted by Crippen LogP contribution is 2.21. The molecule has 0 fully saturated rings. The Morgan fingerprint density at radius 3 is 1.12 bits per heavy atom. The van der Waals surface area contributed by atoms with Crippen molar-refractivity contribution in [3.05, 3.63) is 119 Å². The van der Waals surface area contributed by atoms with Crippen molar-refractivity contribution in [1.82, 2.24) is 0 Å². The van der Waals surface area contributed by atoms with Gasteiger partial charge >= 0.3 is 11.9 Å². The van der Waals surface area contributed by atoms with E-state index < -0.39 is 24.1 Å². The maximum atomic E-state index is 12.4. The van der Waals surface area contributed by atoms with Crippen LogP contribution in [0.15, 0.2) is 97.1 Å². The molecule has 2 atom stereocenters. The van der Waals surface area contributed by atoms with Gasteiger partial charge < -0.3 is 29.2 Å². The lowest BCUT2D eigenvalue weighted by molar-refractivity contribution is 0.0725. The summed E-state index contributed by atoms with van der Waals surface area (Å²) in [5.41, 5.74) is 2.22. The molecule has 0 spiro atoms. The summed E-state index contributed by atoms with van der Waals surface area (Å²) in [4.78, 5) is 24.8. The van der Waals surface area contributed by atoms with Gasteiger partial charge in [0.05, 0.1) is 23.3 Å². The molecule has 0 amide bonds. The lowest BCUT2D eigenvalue weighted by Gasteiger charge is -2.10. The molecule has 0 aliphatic carbocycles. The van der Waals surface area contributed by atoms with Crippen LogP contribution in [0.1, 0.15) is 57.9 Å². The lowest BCUT2D eigenvalue weighted by Crippen LogP contribution is -2.11. The Balaban J connectivity index is 1.19. The molecule has 0 aliphatic rings. The minimum Gasteiger partial charge on any atom is -0.490 e. The normalized spacial score (nSPS) is 12.2. The molecule has 0 bridgehead atoms. The Morgan fingerprint density at radius 1 is 0.525 bits per heavy atom. The van der Waals surface area contributed by atoms with E-state index in [2.05, 4.69) is 0 Å². The topological polar surface area (TPSA) is 112 Å². The number of hydrogen-bond acceptors (Lipinski definition) is 8. The van der Waals surface area contributed by atoms with Gasteiger partial charge in [0.2, 0.25) is 0 Å². The predicted molar refractivity (Wildman–Crippen MR) is 148 cm³/mol. The highest BCUT2D eigenvalue weighted by molar-refractivity contribution is 5.91. The monoisotopic (exact) mass is 542 g/mol. The van der Waals surface area contributed by atoms with E-state index in [-0.39, 0.29) is 13.2 Å². The third-order valence-corrected chi connectivity index (χ3v) is 5.95. The fourth-order valence-corrected chi connectivity index (χ4v) is 3.65. The van der Waals surface area contributed by atoms with Gasteiger partial charge in [0.1, 0.15) is 36.2 Å². The van der Waals surface area contributed by atoms with Gasteiger partial charge in [-0.05, 0) is 97.8 Å². The second-order valence-electron chi connectivity index (χ2n) is 9.01. The molecule has 4 aromatic rings. The van der Waals surface area contributed by atoms with E-state index in [1.165, 1.54) is 0 Å². The van der Waals surface area contributed by atoms with Crippen molar-refractivity contribution in [2.45, 2.75) is 26.1 Å². The quantitative estimate of drug-likeness (QED) is 0.141. The van der Waals surface area contributed by atoms with Crippen LogP contribution in [0, 0.1) is 0 Å². The second kappa shape index (κ2) is 13.4. The van der Waals surface area contributed by atoms with Crippen molar-refractivity contribution in [3.8, 4) is 23.0 Å². The zero-order valence-electron chi connectivity index (χ0n) is 22.2. The van der Waals surface area contributed by atoms with E-state index in [0.717, 1.165) is 11.1 Å². The van der Waals surface area contributed by atoms with Crippen LogP contribution in [-0.2, 0) is 0 Å². The Labute approximate surface area is 232 Å². The molecule has 0 saturated carbocycles. The van der Waals surface area contributed by atoms with Crippen LogP contribution in [-0.4, -0.2) is 35.4 Å². The lowest BCUT2D eigenvalue weighted by atomic mass is 10.1. The zero-order chi connectivity index (χ0) is 28.5. The van der Waals surface area contributed by atoms with Crippen LogP contribution in [0.4, 0.5) is 0 Å². The zero-order valence-corrected chi connectivity index (χ0v) is 22.2. The maximum absolute atomic E-state index is 12.4. The third kappa shape index (κ3) is 7.92. The van der Waals surface area contributed by atoms with E-state index in [1.807, 2.05) is 0 Å². The summed E-state index contributed by atoms with van der Waals surface area (Å²) in [7, 11) is 0. The van der Waals surface area contributed by atoms with Gasteiger partial charge in [0, 0.05) is 0 Å². The number of hydrogen-bond donors (Lipinski definition) is 2. The van der Waals surface area contributed by atoms with Gasteiger partial charge in [0.15, 0.2) is 0 Å². The third-order valence-electron chi connectivity index (χ3n) is 5.95. The predicted octanol–water partition coefficient (Wildman–Crippen LogP) is 5.69. The van der Waals surface area contributed by atoms with Crippen molar-refractivity contribution < 1.29 is 38.7 Å². The largest absolute Gasteiger partial charge is 0.490 e. The molecule has 2 N–H and O–H groups in total. The first-order chi connectivity index (χ1) is 19.3. The molecule has 4 rings (SSSR count). The Kier molecular flexibility index (Phi) is 9.51. The summed E-state index contributed by atoms with van der Waals surface area (Å²) >= 11 is 0. The number of benzene rings is 4.